The molecule has 0 aromatic carbocycles. The molecule has 2 heterocycles. The smallest absolute Gasteiger partial charge is 0.288 e. The fourth-order valence-corrected chi connectivity index (χ4v) is 2.75. The minimum atomic E-state index is -0.613. The maximum atomic E-state index is 12.1. The quantitative estimate of drug-likeness (QED) is 0.649. The molecule has 0 saturated carbocycles. The van der Waals surface area contributed by atoms with Gasteiger partial charge in [0.05, 0.1) is 17.0 Å². The van der Waals surface area contributed by atoms with Gasteiger partial charge in [-0.1, -0.05) is 6.92 Å². The largest absolute Gasteiger partial charge is 0.383 e. The van der Waals surface area contributed by atoms with E-state index in [4.69, 9.17) is 5.73 Å². The molecule has 0 aliphatic heterocycles. The first kappa shape index (κ1) is 14.9. The van der Waals surface area contributed by atoms with Crippen LogP contribution in [0.3, 0.4) is 0 Å². The number of aryl methyl sites for hydroxylation is 1. The minimum Gasteiger partial charge on any atom is -0.383 e. The molecule has 8 heteroatoms. The molecule has 3 N–H and O–H groups in total. The molecule has 0 atom stereocenters. The summed E-state index contributed by atoms with van der Waals surface area (Å²) in [6.45, 7) is 2.40. The van der Waals surface area contributed by atoms with Gasteiger partial charge in [0, 0.05) is 10.9 Å². The Bertz CT molecular complexity index is 684. The number of amides is 1. The summed E-state index contributed by atoms with van der Waals surface area (Å²) >= 11 is 1.55. The molecule has 2 aromatic heterocycles. The number of aromatic nitrogens is 1. The molecule has 0 saturated heterocycles. The Hall–Kier alpha value is -2.48. The molecule has 1 amide bonds. The van der Waals surface area contributed by atoms with Gasteiger partial charge in [-0.05, 0) is 23.4 Å². The Labute approximate surface area is 125 Å². The van der Waals surface area contributed by atoms with Crippen LogP contribution in [0.2, 0.25) is 0 Å². The zero-order valence-corrected chi connectivity index (χ0v) is 12.1. The van der Waals surface area contributed by atoms with Crippen molar-refractivity contribution < 1.29 is 9.72 Å². The van der Waals surface area contributed by atoms with Crippen molar-refractivity contribution in [2.75, 3.05) is 5.73 Å². The van der Waals surface area contributed by atoms with Gasteiger partial charge < -0.3 is 11.1 Å². The second-order valence-corrected chi connectivity index (χ2v) is 5.29. The number of carbonyl (C=O) groups is 1. The average molecular weight is 306 g/mol. The fourth-order valence-electron chi connectivity index (χ4n) is 1.84. The standard InChI is InChI=1S/C13H14N4O3S/c1-2-8-3-4-21-11(8)7-16-13(18)10-5-9(17(19)20)6-15-12(10)14/h3-6H,2,7H2,1H3,(H2,14,15)(H,16,18). The van der Waals surface area contributed by atoms with E-state index >= 15 is 0 Å². The summed E-state index contributed by atoms with van der Waals surface area (Å²) in [5, 5.41) is 15.4. The lowest BCUT2D eigenvalue weighted by Crippen LogP contribution is -2.24. The Balaban J connectivity index is 2.13. The molecule has 0 fully saturated rings. The normalized spacial score (nSPS) is 10.3. The van der Waals surface area contributed by atoms with E-state index in [1.165, 1.54) is 5.56 Å². The second-order valence-electron chi connectivity index (χ2n) is 4.29. The van der Waals surface area contributed by atoms with E-state index < -0.39 is 10.8 Å². The molecular formula is C13H14N4O3S. The predicted molar refractivity (Wildman–Crippen MR) is 80.2 cm³/mol. The highest BCUT2D eigenvalue weighted by atomic mass is 32.1. The highest BCUT2D eigenvalue weighted by molar-refractivity contribution is 7.10. The van der Waals surface area contributed by atoms with E-state index in [-0.39, 0.29) is 17.1 Å². The number of anilines is 1. The van der Waals surface area contributed by atoms with E-state index in [2.05, 4.69) is 10.3 Å². The zero-order valence-electron chi connectivity index (χ0n) is 11.3. The van der Waals surface area contributed by atoms with Crippen LogP contribution in [0.25, 0.3) is 0 Å². The summed E-state index contributed by atoms with van der Waals surface area (Å²) < 4.78 is 0. The topological polar surface area (TPSA) is 111 Å². The molecule has 110 valence electrons. The van der Waals surface area contributed by atoms with E-state index in [1.54, 1.807) is 11.3 Å². The molecule has 2 rings (SSSR count). The second kappa shape index (κ2) is 6.31. The van der Waals surface area contributed by atoms with Crippen LogP contribution in [0.1, 0.15) is 27.7 Å². The number of hydrogen-bond acceptors (Lipinski definition) is 6. The third kappa shape index (κ3) is 3.34. The molecule has 0 aliphatic rings. The van der Waals surface area contributed by atoms with E-state index in [0.717, 1.165) is 23.6 Å². The number of carbonyl (C=O) groups excluding carboxylic acids is 1. The van der Waals surface area contributed by atoms with Crippen molar-refractivity contribution in [3.63, 3.8) is 0 Å². The number of nitrogens with zero attached hydrogens (tertiary/aromatic N) is 2. The van der Waals surface area contributed by atoms with Crippen molar-refractivity contribution in [3.8, 4) is 0 Å². The molecular weight excluding hydrogens is 292 g/mol. The molecule has 0 bridgehead atoms. The summed E-state index contributed by atoms with van der Waals surface area (Å²) in [5.41, 5.74) is 6.52. The first-order valence-electron chi connectivity index (χ1n) is 6.26. The monoisotopic (exact) mass is 306 g/mol. The molecule has 7 nitrogen and oxygen atoms in total. The van der Waals surface area contributed by atoms with Crippen LogP contribution in [0.4, 0.5) is 11.5 Å². The van der Waals surface area contributed by atoms with Crippen LogP contribution >= 0.6 is 11.3 Å². The zero-order chi connectivity index (χ0) is 15.4. The van der Waals surface area contributed by atoms with Crippen molar-refractivity contribution >= 4 is 28.7 Å². The summed E-state index contributed by atoms with van der Waals surface area (Å²) in [4.78, 5) is 26.9. The van der Waals surface area contributed by atoms with Gasteiger partial charge in [-0.2, -0.15) is 0 Å². The van der Waals surface area contributed by atoms with Gasteiger partial charge in [0.1, 0.15) is 12.0 Å². The highest BCUT2D eigenvalue weighted by Crippen LogP contribution is 2.19. The van der Waals surface area contributed by atoms with Gasteiger partial charge in [0.25, 0.3) is 11.6 Å². The van der Waals surface area contributed by atoms with Gasteiger partial charge in [0.15, 0.2) is 0 Å². The summed E-state index contributed by atoms with van der Waals surface area (Å²) in [7, 11) is 0. The number of thiophene rings is 1. The average Bonchev–Trinajstić information content (AvgIpc) is 2.92. The van der Waals surface area contributed by atoms with Crippen LogP contribution in [-0.2, 0) is 13.0 Å². The number of nitrogens with two attached hydrogens (primary N) is 1. The number of hydrogen-bond donors (Lipinski definition) is 2. The van der Waals surface area contributed by atoms with Crippen molar-refractivity contribution in [1.29, 1.82) is 0 Å². The van der Waals surface area contributed by atoms with Crippen molar-refractivity contribution in [1.82, 2.24) is 10.3 Å². The van der Waals surface area contributed by atoms with Crippen molar-refractivity contribution in [3.05, 3.63) is 49.8 Å². The highest BCUT2D eigenvalue weighted by Gasteiger charge is 2.16. The maximum Gasteiger partial charge on any atom is 0.288 e. The molecule has 0 radical (unpaired) electrons. The first-order chi connectivity index (χ1) is 10.0. The first-order valence-corrected chi connectivity index (χ1v) is 7.14. The van der Waals surface area contributed by atoms with Gasteiger partial charge in [-0.15, -0.1) is 11.3 Å². The van der Waals surface area contributed by atoms with Crippen molar-refractivity contribution in [2.45, 2.75) is 19.9 Å². The molecule has 0 unspecified atom stereocenters. The fraction of sp³-hybridized carbons (Fsp3) is 0.231. The van der Waals surface area contributed by atoms with E-state index in [1.807, 2.05) is 18.4 Å². The Morgan fingerprint density at radius 3 is 3.00 bits per heavy atom. The van der Waals surface area contributed by atoms with Gasteiger partial charge in [-0.25, -0.2) is 4.98 Å². The Kier molecular flexibility index (Phi) is 4.49. The predicted octanol–water partition coefficient (Wildman–Crippen LogP) is 2.13. The van der Waals surface area contributed by atoms with Crippen LogP contribution in [-0.4, -0.2) is 15.8 Å². The van der Waals surface area contributed by atoms with Crippen LogP contribution < -0.4 is 11.1 Å². The molecule has 21 heavy (non-hydrogen) atoms. The number of nitrogen functional groups attached to an aromatic ring is 1. The third-order valence-corrected chi connectivity index (χ3v) is 3.95. The van der Waals surface area contributed by atoms with Gasteiger partial charge in [-0.3, -0.25) is 14.9 Å². The lowest BCUT2D eigenvalue weighted by Gasteiger charge is -2.07. The lowest BCUT2D eigenvalue weighted by atomic mass is 10.2. The number of rotatable bonds is 5. The van der Waals surface area contributed by atoms with E-state index in [9.17, 15) is 14.9 Å². The Morgan fingerprint density at radius 2 is 2.33 bits per heavy atom. The number of nitrogens with one attached hydrogen (secondary N) is 1. The number of pyridine rings is 1. The molecule has 0 spiro atoms. The summed E-state index contributed by atoms with van der Waals surface area (Å²) in [6.07, 6.45) is 1.91. The maximum absolute atomic E-state index is 12.1. The molecule has 0 aliphatic carbocycles. The SMILES string of the molecule is CCc1ccsc1CNC(=O)c1cc([N+](=O)[O-])cnc1N. The minimum absolute atomic E-state index is 0.0128. The third-order valence-electron chi connectivity index (χ3n) is 2.99. The van der Waals surface area contributed by atoms with Gasteiger partial charge in [0.2, 0.25) is 0 Å². The van der Waals surface area contributed by atoms with Gasteiger partial charge >= 0.3 is 0 Å². The molecule has 2 aromatic rings. The summed E-state index contributed by atoms with van der Waals surface area (Å²) in [5.74, 6) is -0.501. The van der Waals surface area contributed by atoms with Crippen LogP contribution in [0, 0.1) is 10.1 Å². The number of nitro groups is 1. The van der Waals surface area contributed by atoms with E-state index in [0.29, 0.717) is 6.54 Å². The van der Waals surface area contributed by atoms with Crippen LogP contribution in [0.5, 0.6) is 0 Å². The van der Waals surface area contributed by atoms with Crippen molar-refractivity contribution in [2.24, 2.45) is 0 Å². The van der Waals surface area contributed by atoms with Crippen LogP contribution in [0.15, 0.2) is 23.7 Å². The Morgan fingerprint density at radius 1 is 1.57 bits per heavy atom. The summed E-state index contributed by atoms with van der Waals surface area (Å²) in [6, 6.07) is 3.14. The lowest BCUT2D eigenvalue weighted by molar-refractivity contribution is -0.385.